The lowest BCUT2D eigenvalue weighted by atomic mass is 10.1. The third-order valence-corrected chi connectivity index (χ3v) is 4.50. The summed E-state index contributed by atoms with van der Waals surface area (Å²) in [6.07, 6.45) is 1.07. The van der Waals surface area contributed by atoms with Crippen molar-refractivity contribution in [3.63, 3.8) is 0 Å². The Bertz CT molecular complexity index is 661. The normalized spacial score (nSPS) is 12.2. The fourth-order valence-electron chi connectivity index (χ4n) is 2.05. The number of halogens is 3. The zero-order valence-electron chi connectivity index (χ0n) is 13.2. The topological polar surface area (TPSA) is 21.3 Å². The minimum Gasteiger partial charge on any atom is -0.489 e. The van der Waals surface area contributed by atoms with Gasteiger partial charge in [0.25, 0.3) is 0 Å². The van der Waals surface area contributed by atoms with E-state index in [1.807, 2.05) is 24.3 Å². The van der Waals surface area contributed by atoms with Gasteiger partial charge in [-0.2, -0.15) is 0 Å². The second-order valence-electron chi connectivity index (χ2n) is 5.47. The van der Waals surface area contributed by atoms with Crippen LogP contribution in [0.5, 0.6) is 5.75 Å². The van der Waals surface area contributed by atoms with Crippen LogP contribution in [0.4, 0.5) is 0 Å². The van der Waals surface area contributed by atoms with Gasteiger partial charge in [0.1, 0.15) is 12.4 Å². The van der Waals surface area contributed by atoms with Crippen LogP contribution in [0.25, 0.3) is 0 Å². The fourth-order valence-corrected chi connectivity index (χ4v) is 2.71. The first-order chi connectivity index (χ1) is 11.0. The summed E-state index contributed by atoms with van der Waals surface area (Å²) in [5.74, 6) is 0.802. The molecule has 0 heterocycles. The summed E-state index contributed by atoms with van der Waals surface area (Å²) in [5, 5.41) is 5.37. The van der Waals surface area contributed by atoms with Crippen LogP contribution in [-0.4, -0.2) is 6.04 Å². The van der Waals surface area contributed by atoms with Gasteiger partial charge in [-0.15, -0.1) is 0 Å². The van der Waals surface area contributed by atoms with E-state index in [2.05, 4.69) is 19.2 Å². The Kier molecular flexibility index (Phi) is 7.04. The summed E-state index contributed by atoms with van der Waals surface area (Å²) >= 11 is 18.2. The van der Waals surface area contributed by atoms with E-state index in [1.54, 1.807) is 12.1 Å². The van der Waals surface area contributed by atoms with Gasteiger partial charge < -0.3 is 10.1 Å². The summed E-state index contributed by atoms with van der Waals surface area (Å²) in [6.45, 7) is 5.39. The molecule has 0 fully saturated rings. The van der Waals surface area contributed by atoms with Gasteiger partial charge >= 0.3 is 0 Å². The number of nitrogens with one attached hydrogen (secondary N) is 1. The number of ether oxygens (including phenoxy) is 1. The molecular weight excluding hydrogens is 353 g/mol. The lowest BCUT2D eigenvalue weighted by Crippen LogP contribution is -2.24. The molecule has 0 aliphatic carbocycles. The Morgan fingerprint density at radius 2 is 1.70 bits per heavy atom. The minimum absolute atomic E-state index is 0.383. The molecule has 124 valence electrons. The lowest BCUT2D eigenvalue weighted by molar-refractivity contribution is 0.301. The summed E-state index contributed by atoms with van der Waals surface area (Å²) in [6, 6.07) is 11.5. The molecule has 0 aromatic heterocycles. The van der Waals surface area contributed by atoms with Crippen molar-refractivity contribution >= 4 is 34.8 Å². The minimum atomic E-state index is 0.383. The Labute approximate surface area is 152 Å². The zero-order valence-corrected chi connectivity index (χ0v) is 15.5. The maximum absolute atomic E-state index is 6.18. The van der Waals surface area contributed by atoms with Crippen LogP contribution >= 0.6 is 34.8 Å². The molecule has 0 bridgehead atoms. The van der Waals surface area contributed by atoms with Crippen molar-refractivity contribution in [1.29, 1.82) is 0 Å². The smallest absolute Gasteiger partial charge is 0.124 e. The fraction of sp³-hybridized carbons (Fsp3) is 0.333. The molecule has 2 aromatic rings. The predicted molar refractivity (Wildman–Crippen MR) is 98.8 cm³/mol. The molecule has 2 rings (SSSR count). The SMILES string of the molecule is CC[C@H](C)NCc1cc(Cl)ccc1OCc1ccc(Cl)cc1Cl. The monoisotopic (exact) mass is 371 g/mol. The van der Waals surface area contributed by atoms with E-state index in [1.165, 1.54) is 0 Å². The van der Waals surface area contributed by atoms with E-state index >= 15 is 0 Å². The Balaban J connectivity index is 2.09. The van der Waals surface area contributed by atoms with E-state index in [0.29, 0.717) is 34.3 Å². The molecular formula is C18H20Cl3NO. The summed E-state index contributed by atoms with van der Waals surface area (Å²) in [4.78, 5) is 0. The zero-order chi connectivity index (χ0) is 16.8. The molecule has 0 spiro atoms. The first kappa shape index (κ1) is 18.4. The van der Waals surface area contributed by atoms with Crippen LogP contribution in [0.1, 0.15) is 31.4 Å². The molecule has 0 amide bonds. The van der Waals surface area contributed by atoms with Gasteiger partial charge in [-0.1, -0.05) is 47.8 Å². The van der Waals surface area contributed by atoms with Gasteiger partial charge in [0.2, 0.25) is 0 Å². The first-order valence-electron chi connectivity index (χ1n) is 7.58. The van der Waals surface area contributed by atoms with Gasteiger partial charge in [0.05, 0.1) is 0 Å². The predicted octanol–water partition coefficient (Wildman–Crippen LogP) is 6.11. The maximum Gasteiger partial charge on any atom is 0.124 e. The quantitative estimate of drug-likeness (QED) is 0.632. The highest BCUT2D eigenvalue weighted by Crippen LogP contribution is 2.26. The number of hydrogen-bond donors (Lipinski definition) is 1. The summed E-state index contributed by atoms with van der Waals surface area (Å²) < 4.78 is 5.94. The van der Waals surface area contributed by atoms with Gasteiger partial charge in [0.15, 0.2) is 0 Å². The molecule has 0 aliphatic heterocycles. The van der Waals surface area contributed by atoms with E-state index in [4.69, 9.17) is 39.5 Å². The standard InChI is InChI=1S/C18H20Cl3NO/c1-3-12(2)22-10-14-8-15(19)6-7-18(14)23-11-13-4-5-16(20)9-17(13)21/h4-9,12,22H,3,10-11H2,1-2H3/t12-/m0/s1. The van der Waals surface area contributed by atoms with Crippen LogP contribution in [-0.2, 0) is 13.2 Å². The Morgan fingerprint density at radius 1 is 1.00 bits per heavy atom. The van der Waals surface area contributed by atoms with Crippen LogP contribution < -0.4 is 10.1 Å². The van der Waals surface area contributed by atoms with Gasteiger partial charge in [-0.3, -0.25) is 0 Å². The van der Waals surface area contributed by atoms with Gasteiger partial charge in [-0.05, 0) is 43.7 Å². The molecule has 0 saturated carbocycles. The van der Waals surface area contributed by atoms with Gasteiger partial charge in [-0.25, -0.2) is 0 Å². The van der Waals surface area contributed by atoms with Crippen molar-refractivity contribution in [3.8, 4) is 5.75 Å². The molecule has 1 N–H and O–H groups in total. The Morgan fingerprint density at radius 3 is 2.39 bits per heavy atom. The molecule has 1 atom stereocenters. The molecule has 0 radical (unpaired) electrons. The van der Waals surface area contributed by atoms with Crippen molar-refractivity contribution in [2.75, 3.05) is 0 Å². The lowest BCUT2D eigenvalue weighted by Gasteiger charge is -2.16. The third-order valence-electron chi connectivity index (χ3n) is 3.67. The molecule has 5 heteroatoms. The van der Waals surface area contributed by atoms with E-state index in [0.717, 1.165) is 23.3 Å². The van der Waals surface area contributed by atoms with Crippen LogP contribution in [0.2, 0.25) is 15.1 Å². The van der Waals surface area contributed by atoms with Crippen LogP contribution in [0.15, 0.2) is 36.4 Å². The van der Waals surface area contributed by atoms with Crippen LogP contribution in [0.3, 0.4) is 0 Å². The number of benzene rings is 2. The van der Waals surface area contributed by atoms with Crippen molar-refractivity contribution in [2.45, 2.75) is 39.5 Å². The van der Waals surface area contributed by atoms with E-state index in [9.17, 15) is 0 Å². The Hall–Kier alpha value is -0.930. The number of hydrogen-bond acceptors (Lipinski definition) is 2. The average Bonchev–Trinajstić information content (AvgIpc) is 2.53. The van der Waals surface area contributed by atoms with Gasteiger partial charge in [0, 0.05) is 38.8 Å². The highest BCUT2D eigenvalue weighted by atomic mass is 35.5. The maximum atomic E-state index is 6.18. The second kappa shape index (κ2) is 8.79. The molecule has 23 heavy (non-hydrogen) atoms. The highest BCUT2D eigenvalue weighted by Gasteiger charge is 2.08. The molecule has 2 nitrogen and oxygen atoms in total. The largest absolute Gasteiger partial charge is 0.489 e. The van der Waals surface area contributed by atoms with E-state index < -0.39 is 0 Å². The van der Waals surface area contributed by atoms with E-state index in [-0.39, 0.29) is 0 Å². The third kappa shape index (κ3) is 5.58. The molecule has 2 aromatic carbocycles. The van der Waals surface area contributed by atoms with Crippen molar-refractivity contribution in [3.05, 3.63) is 62.6 Å². The van der Waals surface area contributed by atoms with Crippen molar-refractivity contribution in [1.82, 2.24) is 5.32 Å². The average molecular weight is 373 g/mol. The molecule has 0 saturated heterocycles. The first-order valence-corrected chi connectivity index (χ1v) is 8.71. The highest BCUT2D eigenvalue weighted by molar-refractivity contribution is 6.35. The summed E-state index contributed by atoms with van der Waals surface area (Å²) in [5.41, 5.74) is 1.93. The molecule has 0 unspecified atom stereocenters. The number of rotatable bonds is 7. The van der Waals surface area contributed by atoms with Crippen molar-refractivity contribution < 1.29 is 4.74 Å². The molecule has 0 aliphatic rings. The second-order valence-corrected chi connectivity index (χ2v) is 6.75. The van der Waals surface area contributed by atoms with Crippen LogP contribution in [0, 0.1) is 0 Å². The van der Waals surface area contributed by atoms with Crippen molar-refractivity contribution in [2.24, 2.45) is 0 Å². The summed E-state index contributed by atoms with van der Waals surface area (Å²) in [7, 11) is 0.